The predicted octanol–water partition coefficient (Wildman–Crippen LogP) is 4.30. The molecule has 9 atom stereocenters. The molecular weight excluding hydrogens is 312 g/mol. The molecular formula is C22H34O3. The Balaban J connectivity index is 1.61. The summed E-state index contributed by atoms with van der Waals surface area (Å²) in [5, 5.41) is 10.7. The van der Waals surface area contributed by atoms with Crippen LogP contribution in [0.3, 0.4) is 0 Å². The number of fused-ring (bicyclic) bond motifs is 8. The molecule has 0 bridgehead atoms. The van der Waals surface area contributed by atoms with E-state index in [9.17, 15) is 5.11 Å². The average Bonchev–Trinajstić information content (AvgIpc) is 3.03. The molecule has 0 radical (unpaired) electrons. The minimum absolute atomic E-state index is 0.0789. The Labute approximate surface area is 152 Å². The molecule has 0 amide bonds. The maximum absolute atomic E-state index is 10.7. The van der Waals surface area contributed by atoms with E-state index >= 15 is 0 Å². The summed E-state index contributed by atoms with van der Waals surface area (Å²) in [5.74, 6) is 1.81. The highest BCUT2D eigenvalue weighted by Gasteiger charge is 2.67. The van der Waals surface area contributed by atoms with Crippen molar-refractivity contribution < 1.29 is 14.6 Å². The van der Waals surface area contributed by atoms with Crippen molar-refractivity contribution in [2.75, 3.05) is 0 Å². The third kappa shape index (κ3) is 2.09. The molecule has 3 nitrogen and oxygen atoms in total. The first-order valence-corrected chi connectivity index (χ1v) is 10.5. The van der Waals surface area contributed by atoms with Gasteiger partial charge in [0, 0.05) is 5.92 Å². The fourth-order valence-electron chi connectivity index (χ4n) is 7.73. The summed E-state index contributed by atoms with van der Waals surface area (Å²) in [6, 6.07) is 0. The van der Waals surface area contributed by atoms with Crippen LogP contribution in [0.1, 0.15) is 66.2 Å². The number of hydrogen-bond acceptors (Lipinski definition) is 3. The summed E-state index contributed by atoms with van der Waals surface area (Å²) >= 11 is 0. The minimum Gasteiger partial charge on any atom is -0.393 e. The number of rotatable bonds is 0. The van der Waals surface area contributed by atoms with E-state index in [-0.39, 0.29) is 23.7 Å². The molecule has 1 heterocycles. The van der Waals surface area contributed by atoms with Gasteiger partial charge in [-0.05, 0) is 81.0 Å². The van der Waals surface area contributed by atoms with Gasteiger partial charge in [0.2, 0.25) is 0 Å². The van der Waals surface area contributed by atoms with Crippen molar-refractivity contribution in [1.82, 2.24) is 0 Å². The second-order valence-corrected chi connectivity index (χ2v) is 10.5. The summed E-state index contributed by atoms with van der Waals surface area (Å²) < 4.78 is 13.1. The van der Waals surface area contributed by atoms with Gasteiger partial charge in [0.15, 0.2) is 5.79 Å². The molecule has 0 spiro atoms. The second kappa shape index (κ2) is 5.11. The first-order valence-electron chi connectivity index (χ1n) is 10.5. The Bertz CT molecular complexity index is 598. The Kier molecular flexibility index (Phi) is 3.43. The molecule has 1 aliphatic heterocycles. The molecule has 4 aliphatic carbocycles. The summed E-state index contributed by atoms with van der Waals surface area (Å²) in [4.78, 5) is 0. The van der Waals surface area contributed by atoms with Gasteiger partial charge in [0.05, 0.1) is 18.3 Å². The molecule has 5 aliphatic rings. The number of aliphatic hydroxyl groups is 1. The highest BCUT2D eigenvalue weighted by molar-refractivity contribution is 5.19. The molecule has 1 saturated heterocycles. The van der Waals surface area contributed by atoms with E-state index in [1.807, 2.05) is 0 Å². The lowest BCUT2D eigenvalue weighted by Crippen LogP contribution is -2.62. The van der Waals surface area contributed by atoms with Crippen molar-refractivity contribution >= 4 is 0 Å². The van der Waals surface area contributed by atoms with Crippen molar-refractivity contribution in [2.24, 2.45) is 34.5 Å². The smallest absolute Gasteiger partial charge is 0.163 e. The SMILES string of the molecule is CC1(C)O[C@H]2[C@H](O1)[C@H]1C=CCC[C@]1(C)[C@H]1CC[C@]3(C)[C@@H](O)CC[C@H]3[C@H]21. The quantitative estimate of drug-likeness (QED) is 0.665. The standard InChI is InChI=1S/C22H34O3/c1-20(2)24-18-15-7-5-6-11-21(15,3)14-10-12-22(4)13(8-9-16(22)23)17(14)19(18)25-20/h5,7,13-19,23H,6,8-12H2,1-4H3/t13-,14-,15+,16-,17-,18+,19+,21+,22-/m0/s1. The zero-order chi connectivity index (χ0) is 17.6. The van der Waals surface area contributed by atoms with E-state index in [0.29, 0.717) is 29.1 Å². The molecule has 0 aromatic rings. The molecule has 1 N–H and O–H groups in total. The van der Waals surface area contributed by atoms with Crippen LogP contribution in [0.2, 0.25) is 0 Å². The van der Waals surface area contributed by atoms with E-state index in [2.05, 4.69) is 39.8 Å². The van der Waals surface area contributed by atoms with Crippen LogP contribution in [0, 0.1) is 34.5 Å². The third-order valence-corrected chi connectivity index (χ3v) is 8.98. The lowest BCUT2D eigenvalue weighted by Gasteiger charge is -2.61. The van der Waals surface area contributed by atoms with Gasteiger partial charge >= 0.3 is 0 Å². The van der Waals surface area contributed by atoms with Crippen LogP contribution >= 0.6 is 0 Å². The van der Waals surface area contributed by atoms with Crippen molar-refractivity contribution in [3.8, 4) is 0 Å². The number of hydrogen-bond donors (Lipinski definition) is 1. The molecule has 0 unspecified atom stereocenters. The van der Waals surface area contributed by atoms with Crippen LogP contribution in [-0.2, 0) is 9.47 Å². The molecule has 140 valence electrons. The van der Waals surface area contributed by atoms with Crippen molar-refractivity contribution in [1.29, 1.82) is 0 Å². The van der Waals surface area contributed by atoms with E-state index < -0.39 is 5.79 Å². The van der Waals surface area contributed by atoms with E-state index in [0.717, 1.165) is 12.8 Å². The van der Waals surface area contributed by atoms with E-state index in [1.165, 1.54) is 25.7 Å². The van der Waals surface area contributed by atoms with Gasteiger partial charge in [-0.15, -0.1) is 0 Å². The normalized spacial score (nSPS) is 59.0. The monoisotopic (exact) mass is 346 g/mol. The lowest BCUT2D eigenvalue weighted by atomic mass is 9.44. The zero-order valence-electron chi connectivity index (χ0n) is 16.2. The van der Waals surface area contributed by atoms with Crippen LogP contribution in [-0.4, -0.2) is 29.2 Å². The molecule has 3 saturated carbocycles. The fourth-order valence-corrected chi connectivity index (χ4v) is 7.73. The highest BCUT2D eigenvalue weighted by atomic mass is 16.8. The summed E-state index contributed by atoms with van der Waals surface area (Å²) in [6.45, 7) is 9.03. The second-order valence-electron chi connectivity index (χ2n) is 10.5. The van der Waals surface area contributed by atoms with E-state index in [1.54, 1.807) is 0 Å². The molecule has 5 rings (SSSR count). The lowest BCUT2D eigenvalue weighted by molar-refractivity contribution is -0.171. The Morgan fingerprint density at radius 2 is 1.60 bits per heavy atom. The van der Waals surface area contributed by atoms with Crippen LogP contribution in [0.15, 0.2) is 12.2 Å². The summed E-state index contributed by atoms with van der Waals surface area (Å²) in [5.41, 5.74) is 0.398. The van der Waals surface area contributed by atoms with Crippen LogP contribution in [0.25, 0.3) is 0 Å². The highest BCUT2D eigenvalue weighted by Crippen LogP contribution is 2.67. The van der Waals surface area contributed by atoms with Gasteiger partial charge in [0.1, 0.15) is 0 Å². The van der Waals surface area contributed by atoms with Crippen LogP contribution in [0.5, 0.6) is 0 Å². The largest absolute Gasteiger partial charge is 0.393 e. The summed E-state index contributed by atoms with van der Waals surface area (Å²) in [7, 11) is 0. The van der Waals surface area contributed by atoms with Crippen LogP contribution in [0.4, 0.5) is 0 Å². The first-order chi connectivity index (χ1) is 11.8. The van der Waals surface area contributed by atoms with Gasteiger partial charge in [-0.2, -0.15) is 0 Å². The first kappa shape index (κ1) is 16.8. The van der Waals surface area contributed by atoms with Crippen molar-refractivity contribution in [3.63, 3.8) is 0 Å². The number of allylic oxidation sites excluding steroid dienone is 1. The Morgan fingerprint density at radius 1 is 0.880 bits per heavy atom. The van der Waals surface area contributed by atoms with Crippen molar-refractivity contribution in [3.05, 3.63) is 12.2 Å². The van der Waals surface area contributed by atoms with Gasteiger partial charge in [-0.25, -0.2) is 0 Å². The molecule has 4 fully saturated rings. The maximum Gasteiger partial charge on any atom is 0.163 e. The van der Waals surface area contributed by atoms with E-state index in [4.69, 9.17) is 9.47 Å². The van der Waals surface area contributed by atoms with Gasteiger partial charge < -0.3 is 14.6 Å². The van der Waals surface area contributed by atoms with Crippen LogP contribution < -0.4 is 0 Å². The molecule has 3 heteroatoms. The average molecular weight is 347 g/mol. The fraction of sp³-hybridized carbons (Fsp3) is 0.909. The van der Waals surface area contributed by atoms with Gasteiger partial charge in [-0.3, -0.25) is 0 Å². The molecule has 0 aromatic heterocycles. The minimum atomic E-state index is -0.485. The topological polar surface area (TPSA) is 38.7 Å². The number of ether oxygens (including phenoxy) is 2. The molecule has 25 heavy (non-hydrogen) atoms. The molecule has 0 aromatic carbocycles. The maximum atomic E-state index is 10.7. The van der Waals surface area contributed by atoms with Gasteiger partial charge in [-0.1, -0.05) is 26.0 Å². The van der Waals surface area contributed by atoms with Gasteiger partial charge in [0.25, 0.3) is 0 Å². The zero-order valence-corrected chi connectivity index (χ0v) is 16.2. The summed E-state index contributed by atoms with van der Waals surface area (Å²) in [6.07, 6.45) is 12.0. The number of aliphatic hydroxyl groups excluding tert-OH is 1. The Hall–Kier alpha value is -0.380. The van der Waals surface area contributed by atoms with Crippen molar-refractivity contribution in [2.45, 2.75) is 90.3 Å². The third-order valence-electron chi connectivity index (χ3n) is 8.98. The predicted molar refractivity (Wildman–Crippen MR) is 96.8 cm³/mol. The Morgan fingerprint density at radius 3 is 2.40 bits per heavy atom.